The minimum atomic E-state index is -0.736. The molecule has 2 fully saturated rings. The van der Waals surface area contributed by atoms with E-state index in [1.54, 1.807) is 11.8 Å². The van der Waals surface area contributed by atoms with Crippen LogP contribution in [0.25, 0.3) is 0 Å². The maximum Gasteiger partial charge on any atom is 0.0947 e. The van der Waals surface area contributed by atoms with Crippen molar-refractivity contribution < 1.29 is 25.5 Å². The van der Waals surface area contributed by atoms with Gasteiger partial charge in [0.2, 0.25) is 0 Å². The van der Waals surface area contributed by atoms with Crippen molar-refractivity contribution in [1.82, 2.24) is 0 Å². The highest BCUT2D eigenvalue weighted by Crippen LogP contribution is 2.31. The van der Waals surface area contributed by atoms with Crippen LogP contribution in [0.15, 0.2) is 0 Å². The van der Waals surface area contributed by atoms with Gasteiger partial charge in [-0.15, -0.1) is 0 Å². The van der Waals surface area contributed by atoms with Crippen LogP contribution in [0.3, 0.4) is 0 Å². The predicted molar refractivity (Wildman–Crippen MR) is 73.8 cm³/mol. The molecule has 0 aliphatic carbocycles. The first-order valence-corrected chi connectivity index (χ1v) is 8.10. The topological polar surface area (TPSA) is 101 Å². The van der Waals surface area contributed by atoms with Gasteiger partial charge < -0.3 is 25.5 Å². The number of aliphatic hydroxyl groups is 5. The molecule has 0 bridgehead atoms. The maximum absolute atomic E-state index is 9.17. The molecule has 0 unspecified atom stereocenters. The Hall–Kier alpha value is 0.500. The van der Waals surface area contributed by atoms with E-state index in [2.05, 4.69) is 0 Å². The molecule has 5 nitrogen and oxygen atoms in total. The van der Waals surface area contributed by atoms with E-state index < -0.39 is 12.2 Å². The van der Waals surface area contributed by atoms with Gasteiger partial charge >= 0.3 is 0 Å². The summed E-state index contributed by atoms with van der Waals surface area (Å²) >= 11 is 3.07. The Morgan fingerprint density at radius 2 is 1.39 bits per heavy atom. The molecule has 7 heteroatoms. The Morgan fingerprint density at radius 1 is 0.889 bits per heavy atom. The third-order valence-electron chi connectivity index (χ3n) is 3.29. The zero-order valence-corrected chi connectivity index (χ0v) is 12.0. The Balaban J connectivity index is 0.000000180. The van der Waals surface area contributed by atoms with Crippen LogP contribution in [0.5, 0.6) is 0 Å². The summed E-state index contributed by atoms with van der Waals surface area (Å²) in [6, 6.07) is 0. The minimum Gasteiger partial charge on any atom is -0.395 e. The van der Waals surface area contributed by atoms with Crippen LogP contribution in [0, 0.1) is 5.92 Å². The van der Waals surface area contributed by atoms with Gasteiger partial charge in [-0.1, -0.05) is 6.92 Å². The second-order valence-corrected chi connectivity index (χ2v) is 7.14. The van der Waals surface area contributed by atoms with Gasteiger partial charge in [-0.3, -0.25) is 0 Å². The number of aliphatic hydroxyl groups excluding tert-OH is 5. The Kier molecular flexibility index (Phi) is 7.30. The molecule has 5 N–H and O–H groups in total. The van der Waals surface area contributed by atoms with Crippen molar-refractivity contribution in [2.24, 2.45) is 5.92 Å². The van der Waals surface area contributed by atoms with Crippen LogP contribution in [0.2, 0.25) is 0 Å². The molecule has 2 heterocycles. The molecule has 2 saturated heterocycles. The fraction of sp³-hybridized carbons (Fsp3) is 1.00. The van der Waals surface area contributed by atoms with Crippen LogP contribution in [0.4, 0.5) is 0 Å². The molecule has 0 saturated carbocycles. The van der Waals surface area contributed by atoms with Gasteiger partial charge in [0, 0.05) is 16.8 Å². The number of rotatable bonds is 2. The van der Waals surface area contributed by atoms with Gasteiger partial charge in [0.25, 0.3) is 0 Å². The van der Waals surface area contributed by atoms with E-state index in [1.807, 2.05) is 6.92 Å². The van der Waals surface area contributed by atoms with Crippen LogP contribution >= 0.6 is 23.5 Å². The first-order valence-electron chi connectivity index (χ1n) is 6.00. The molecule has 2 aliphatic heterocycles. The highest BCUT2D eigenvalue weighted by atomic mass is 32.2. The van der Waals surface area contributed by atoms with Crippen LogP contribution in [-0.2, 0) is 0 Å². The van der Waals surface area contributed by atoms with E-state index in [9.17, 15) is 0 Å². The molecule has 0 amide bonds. The van der Waals surface area contributed by atoms with Crippen molar-refractivity contribution in [3.05, 3.63) is 0 Å². The van der Waals surface area contributed by atoms with Crippen molar-refractivity contribution in [1.29, 1.82) is 0 Å². The van der Waals surface area contributed by atoms with E-state index in [0.717, 1.165) is 5.75 Å². The lowest BCUT2D eigenvalue weighted by Gasteiger charge is -2.12. The summed E-state index contributed by atoms with van der Waals surface area (Å²) in [6.45, 7) is 2.12. The van der Waals surface area contributed by atoms with E-state index in [1.165, 1.54) is 11.8 Å². The fourth-order valence-corrected chi connectivity index (χ4v) is 4.28. The van der Waals surface area contributed by atoms with Crippen molar-refractivity contribution >= 4 is 23.5 Å². The minimum absolute atomic E-state index is 0.0527. The van der Waals surface area contributed by atoms with Crippen molar-refractivity contribution in [3.63, 3.8) is 0 Å². The van der Waals surface area contributed by atoms with E-state index in [-0.39, 0.29) is 35.7 Å². The predicted octanol–water partition coefficient (Wildman–Crippen LogP) is -1.09. The zero-order valence-electron chi connectivity index (χ0n) is 10.3. The van der Waals surface area contributed by atoms with Gasteiger partial charge in [0.1, 0.15) is 0 Å². The van der Waals surface area contributed by atoms with Crippen molar-refractivity contribution in [2.75, 3.05) is 24.7 Å². The van der Waals surface area contributed by atoms with Gasteiger partial charge in [-0.05, 0) is 5.92 Å². The van der Waals surface area contributed by atoms with Gasteiger partial charge in [0.15, 0.2) is 0 Å². The standard InChI is InChI=1S/C6H12O2S.C5H10O3S/c1-4-5(8)3-9-6(4)2-7;6-1-4-5(8)3(7)2-9-4/h4-8H,2-3H2,1H3;3-8H,1-2H2/t4-,5+,6+;3-,4-,5+/m01/s1. The first kappa shape index (κ1) is 16.6. The average molecular weight is 298 g/mol. The summed E-state index contributed by atoms with van der Waals surface area (Å²) in [7, 11) is 0. The third-order valence-corrected chi connectivity index (χ3v) is 6.22. The first-order chi connectivity index (χ1) is 8.51. The second kappa shape index (κ2) is 7.94. The quantitative estimate of drug-likeness (QED) is 0.441. The summed E-state index contributed by atoms with van der Waals surface area (Å²) in [5.41, 5.74) is 0. The molecule has 0 spiro atoms. The average Bonchev–Trinajstić information content (AvgIpc) is 2.86. The Bertz CT molecular complexity index is 219. The maximum atomic E-state index is 9.17. The lowest BCUT2D eigenvalue weighted by atomic mass is 10.0. The van der Waals surface area contributed by atoms with Crippen molar-refractivity contribution in [2.45, 2.75) is 35.7 Å². The molecule has 18 heavy (non-hydrogen) atoms. The molecular weight excluding hydrogens is 276 g/mol. The Morgan fingerprint density at radius 3 is 1.61 bits per heavy atom. The summed E-state index contributed by atoms with van der Waals surface area (Å²) < 4.78 is 0. The normalized spacial score (nSPS) is 43.7. The molecule has 2 rings (SSSR count). The Labute approximate surface area is 116 Å². The number of thioether (sulfide) groups is 2. The molecule has 2 aliphatic rings. The van der Waals surface area contributed by atoms with Gasteiger partial charge in [-0.2, -0.15) is 23.5 Å². The van der Waals surface area contributed by atoms with Crippen LogP contribution < -0.4 is 0 Å². The third kappa shape index (κ3) is 4.26. The molecular formula is C11H22O5S2. The van der Waals surface area contributed by atoms with Gasteiger partial charge in [0.05, 0.1) is 36.8 Å². The van der Waals surface area contributed by atoms with Crippen LogP contribution in [-0.4, -0.2) is 79.1 Å². The molecule has 0 aromatic heterocycles. The monoisotopic (exact) mass is 298 g/mol. The van der Waals surface area contributed by atoms with Crippen molar-refractivity contribution in [3.8, 4) is 0 Å². The van der Waals surface area contributed by atoms with E-state index in [4.69, 9.17) is 25.5 Å². The molecule has 6 atom stereocenters. The number of hydrogen-bond donors (Lipinski definition) is 5. The van der Waals surface area contributed by atoms with E-state index >= 15 is 0 Å². The SMILES string of the molecule is C[C@H]1[C@H](O)CS[C@@H]1CO.OC[C@H]1SC[C@@H](O)[C@@H]1O. The largest absolute Gasteiger partial charge is 0.395 e. The van der Waals surface area contributed by atoms with Gasteiger partial charge in [-0.25, -0.2) is 0 Å². The lowest BCUT2D eigenvalue weighted by molar-refractivity contribution is 0.0326. The van der Waals surface area contributed by atoms with Crippen LogP contribution in [0.1, 0.15) is 6.92 Å². The number of hydrogen-bond acceptors (Lipinski definition) is 7. The van der Waals surface area contributed by atoms with E-state index in [0.29, 0.717) is 5.75 Å². The molecule has 0 aromatic rings. The fourth-order valence-electron chi connectivity index (χ4n) is 1.82. The second-order valence-electron chi connectivity index (χ2n) is 4.59. The molecule has 108 valence electrons. The highest BCUT2D eigenvalue weighted by Gasteiger charge is 2.33. The summed E-state index contributed by atoms with van der Waals surface area (Å²) in [6.07, 6.45) is -1.58. The zero-order chi connectivity index (χ0) is 13.7. The summed E-state index contributed by atoms with van der Waals surface area (Å²) in [5, 5.41) is 44.5. The highest BCUT2D eigenvalue weighted by molar-refractivity contribution is 8.00. The lowest BCUT2D eigenvalue weighted by Crippen LogP contribution is -2.30. The summed E-state index contributed by atoms with van der Waals surface area (Å²) in [4.78, 5) is 0. The smallest absolute Gasteiger partial charge is 0.0947 e. The molecule has 0 aromatic carbocycles. The summed E-state index contributed by atoms with van der Waals surface area (Å²) in [5.74, 6) is 1.58. The molecule has 0 radical (unpaired) electrons.